The number of nitrogens with zero attached hydrogens (tertiary/aromatic N) is 4. The summed E-state index contributed by atoms with van der Waals surface area (Å²) in [5.41, 5.74) is -0.185. The molecule has 0 bridgehead atoms. The van der Waals surface area contributed by atoms with Gasteiger partial charge in [-0.2, -0.15) is 18.3 Å². The Kier molecular flexibility index (Phi) is 5.79. The van der Waals surface area contributed by atoms with Crippen LogP contribution in [0.15, 0.2) is 77.2 Å². The van der Waals surface area contributed by atoms with E-state index in [1.165, 1.54) is 23.9 Å². The molecule has 6 nitrogen and oxygen atoms in total. The van der Waals surface area contributed by atoms with E-state index in [2.05, 4.69) is 15.4 Å². The number of rotatable bonds is 5. The van der Waals surface area contributed by atoms with Gasteiger partial charge >= 0.3 is 6.18 Å². The summed E-state index contributed by atoms with van der Waals surface area (Å²) >= 11 is 1.43. The lowest BCUT2D eigenvalue weighted by molar-refractivity contribution is -0.143. The third kappa shape index (κ3) is 4.54. The summed E-state index contributed by atoms with van der Waals surface area (Å²) in [4.78, 5) is 17.8. The first-order chi connectivity index (χ1) is 15.2. The van der Waals surface area contributed by atoms with E-state index in [0.717, 1.165) is 26.5 Å². The van der Waals surface area contributed by atoms with E-state index < -0.39 is 23.3 Å². The van der Waals surface area contributed by atoms with Crippen molar-refractivity contribution in [3.05, 3.63) is 83.9 Å². The van der Waals surface area contributed by atoms with Gasteiger partial charge in [0.25, 0.3) is 5.91 Å². The van der Waals surface area contributed by atoms with Gasteiger partial charge in [-0.15, -0.1) is 0 Å². The Morgan fingerprint density at radius 2 is 1.75 bits per heavy atom. The molecule has 1 amide bonds. The second-order valence-corrected chi connectivity index (χ2v) is 8.09. The van der Waals surface area contributed by atoms with Crippen LogP contribution in [-0.2, 0) is 13.2 Å². The average Bonchev–Trinajstić information content (AvgIpc) is 3.37. The molecule has 10 heteroatoms. The largest absolute Gasteiger partial charge is 0.434 e. The monoisotopic (exact) mass is 457 g/mol. The van der Waals surface area contributed by atoms with Gasteiger partial charge in [-0.25, -0.2) is 9.67 Å². The normalized spacial score (nSPS) is 11.5. The molecular weight excluding hydrogens is 439 g/mol. The number of anilines is 1. The predicted molar refractivity (Wildman–Crippen MR) is 115 cm³/mol. The second kappa shape index (κ2) is 8.54. The fraction of sp³-hybridized carbons (Fsp3) is 0.136. The van der Waals surface area contributed by atoms with Crippen LogP contribution in [-0.4, -0.2) is 25.2 Å². The van der Waals surface area contributed by atoms with Gasteiger partial charge in [-0.3, -0.25) is 4.79 Å². The quantitative estimate of drug-likeness (QED) is 0.440. The number of halogens is 3. The second-order valence-electron chi connectivity index (χ2n) is 7.05. The molecule has 0 saturated heterocycles. The molecule has 0 aliphatic heterocycles. The third-order valence-corrected chi connectivity index (χ3v) is 5.74. The number of amides is 1. The van der Waals surface area contributed by atoms with Crippen LogP contribution in [0.5, 0.6) is 0 Å². The Balaban J connectivity index is 1.57. The van der Waals surface area contributed by atoms with Crippen LogP contribution in [0.1, 0.15) is 21.6 Å². The molecule has 0 radical (unpaired) electrons. The maximum absolute atomic E-state index is 13.8. The van der Waals surface area contributed by atoms with Gasteiger partial charge in [0.1, 0.15) is 0 Å². The Morgan fingerprint density at radius 1 is 1.06 bits per heavy atom. The van der Waals surface area contributed by atoms with Crippen molar-refractivity contribution in [3.8, 4) is 5.69 Å². The van der Waals surface area contributed by atoms with Crippen molar-refractivity contribution >= 4 is 23.4 Å². The van der Waals surface area contributed by atoms with Crippen molar-refractivity contribution in [1.29, 1.82) is 0 Å². The van der Waals surface area contributed by atoms with Crippen LogP contribution < -0.4 is 5.32 Å². The Hall–Kier alpha value is -3.53. The molecule has 0 aliphatic rings. The van der Waals surface area contributed by atoms with E-state index in [1.807, 2.05) is 24.7 Å². The fourth-order valence-electron chi connectivity index (χ4n) is 3.03. The number of carbonyl (C=O) groups excluding carboxylic acids is 1. The highest BCUT2D eigenvalue weighted by Gasteiger charge is 2.40. The molecule has 0 aliphatic carbocycles. The Labute approximate surface area is 186 Å². The third-order valence-electron chi connectivity index (χ3n) is 4.66. The number of aromatic nitrogens is 4. The van der Waals surface area contributed by atoms with Crippen molar-refractivity contribution in [2.75, 3.05) is 5.32 Å². The van der Waals surface area contributed by atoms with Crippen LogP contribution in [0.2, 0.25) is 0 Å². The zero-order valence-corrected chi connectivity index (χ0v) is 17.9. The maximum Gasteiger partial charge on any atom is 0.434 e. The van der Waals surface area contributed by atoms with Crippen molar-refractivity contribution in [1.82, 2.24) is 19.3 Å². The smallest absolute Gasteiger partial charge is 0.329 e. The fourth-order valence-corrected chi connectivity index (χ4v) is 3.83. The molecule has 0 saturated carbocycles. The molecule has 164 valence electrons. The number of aryl methyl sites for hydroxylation is 2. The first kappa shape index (κ1) is 21.7. The lowest BCUT2D eigenvalue weighted by Crippen LogP contribution is -2.20. The Bertz CT molecular complexity index is 1240. The number of carbonyl (C=O) groups is 1. The predicted octanol–water partition coefficient (Wildman–Crippen LogP) is 5.34. The summed E-state index contributed by atoms with van der Waals surface area (Å²) < 4.78 is 44.1. The van der Waals surface area contributed by atoms with E-state index in [0.29, 0.717) is 5.69 Å². The topological polar surface area (TPSA) is 64.7 Å². The van der Waals surface area contributed by atoms with Gasteiger partial charge < -0.3 is 9.88 Å². The maximum atomic E-state index is 13.8. The molecule has 4 aromatic rings. The molecule has 2 aromatic carbocycles. The standard InChI is InChI=1S/C22H18F3N5OS/c1-14-3-7-16(8-4-14)30-19(22(23,24)25)18(13-27-30)20(31)28-15-5-9-17(10-6-15)32-21-26-11-12-29(21)2/h3-13H,1-2H3,(H,28,31). The van der Waals surface area contributed by atoms with Crippen LogP contribution in [0.25, 0.3) is 5.69 Å². The van der Waals surface area contributed by atoms with Gasteiger partial charge in [-0.05, 0) is 43.3 Å². The zero-order valence-electron chi connectivity index (χ0n) is 17.1. The van der Waals surface area contributed by atoms with Crippen molar-refractivity contribution in [3.63, 3.8) is 0 Å². The number of imidazole rings is 1. The summed E-state index contributed by atoms with van der Waals surface area (Å²) in [5.74, 6) is -0.889. The summed E-state index contributed by atoms with van der Waals surface area (Å²) in [6.07, 6.45) is -0.322. The number of hydrogen-bond donors (Lipinski definition) is 1. The van der Waals surface area contributed by atoms with Crippen molar-refractivity contribution < 1.29 is 18.0 Å². The number of alkyl halides is 3. The number of benzene rings is 2. The molecule has 0 spiro atoms. The van der Waals surface area contributed by atoms with Crippen molar-refractivity contribution in [2.45, 2.75) is 23.2 Å². The van der Waals surface area contributed by atoms with Crippen LogP contribution in [0, 0.1) is 6.92 Å². The highest BCUT2D eigenvalue weighted by Crippen LogP contribution is 2.34. The molecule has 1 N–H and O–H groups in total. The first-order valence-corrected chi connectivity index (χ1v) is 10.3. The van der Waals surface area contributed by atoms with Gasteiger partial charge in [0, 0.05) is 30.0 Å². The molecular formula is C22H18F3N5OS. The molecule has 4 rings (SSSR count). The lowest BCUT2D eigenvalue weighted by Gasteiger charge is -2.13. The van der Waals surface area contributed by atoms with E-state index >= 15 is 0 Å². The van der Waals surface area contributed by atoms with E-state index in [9.17, 15) is 18.0 Å². The van der Waals surface area contributed by atoms with Gasteiger partial charge in [0.05, 0.1) is 17.4 Å². The average molecular weight is 457 g/mol. The molecule has 0 atom stereocenters. The molecule has 2 heterocycles. The molecule has 0 unspecified atom stereocenters. The number of hydrogen-bond acceptors (Lipinski definition) is 4. The zero-order chi connectivity index (χ0) is 22.9. The van der Waals surface area contributed by atoms with E-state index in [1.54, 1.807) is 42.6 Å². The highest BCUT2D eigenvalue weighted by molar-refractivity contribution is 7.99. The summed E-state index contributed by atoms with van der Waals surface area (Å²) in [5, 5.41) is 7.14. The van der Waals surface area contributed by atoms with Gasteiger partial charge in [0.15, 0.2) is 10.9 Å². The van der Waals surface area contributed by atoms with E-state index in [4.69, 9.17) is 0 Å². The Morgan fingerprint density at radius 3 is 2.34 bits per heavy atom. The minimum absolute atomic E-state index is 0.220. The van der Waals surface area contributed by atoms with Crippen LogP contribution in [0.3, 0.4) is 0 Å². The molecule has 32 heavy (non-hydrogen) atoms. The van der Waals surface area contributed by atoms with Crippen LogP contribution >= 0.6 is 11.8 Å². The summed E-state index contributed by atoms with van der Waals surface area (Å²) in [6.45, 7) is 1.83. The highest BCUT2D eigenvalue weighted by atomic mass is 32.2. The van der Waals surface area contributed by atoms with E-state index in [-0.39, 0.29) is 5.69 Å². The lowest BCUT2D eigenvalue weighted by atomic mass is 10.2. The van der Waals surface area contributed by atoms with Gasteiger partial charge in [-0.1, -0.05) is 29.5 Å². The number of nitrogens with one attached hydrogen (secondary N) is 1. The summed E-state index contributed by atoms with van der Waals surface area (Å²) in [6, 6.07) is 13.2. The first-order valence-electron chi connectivity index (χ1n) is 9.51. The minimum Gasteiger partial charge on any atom is -0.329 e. The van der Waals surface area contributed by atoms with Crippen molar-refractivity contribution in [2.24, 2.45) is 7.05 Å². The molecule has 0 fully saturated rings. The minimum atomic E-state index is -4.77. The van der Waals surface area contributed by atoms with Crippen LogP contribution in [0.4, 0.5) is 18.9 Å². The summed E-state index contributed by atoms with van der Waals surface area (Å²) in [7, 11) is 1.87. The molecule has 2 aromatic heterocycles. The van der Waals surface area contributed by atoms with Gasteiger partial charge in [0.2, 0.25) is 0 Å². The SMILES string of the molecule is Cc1ccc(-n2ncc(C(=O)Nc3ccc(Sc4nccn4C)cc3)c2C(F)(F)F)cc1.